The average Bonchev–Trinajstić information content (AvgIpc) is 3.23. The van der Waals surface area contributed by atoms with Crippen LogP contribution < -0.4 is 15.0 Å². The van der Waals surface area contributed by atoms with Gasteiger partial charge in [0.1, 0.15) is 5.75 Å². The summed E-state index contributed by atoms with van der Waals surface area (Å²) >= 11 is 1.35. The van der Waals surface area contributed by atoms with E-state index in [1.807, 2.05) is 0 Å². The summed E-state index contributed by atoms with van der Waals surface area (Å²) in [6.07, 6.45) is 1.47. The highest BCUT2D eigenvalue weighted by Crippen LogP contribution is 2.25. The van der Waals surface area contributed by atoms with E-state index in [1.165, 1.54) is 23.5 Å². The first-order valence-corrected chi connectivity index (χ1v) is 9.39. The Balaban J connectivity index is 1.54. The van der Waals surface area contributed by atoms with Crippen LogP contribution in [0.5, 0.6) is 5.75 Å². The Morgan fingerprint density at radius 1 is 1.37 bits per heavy atom. The molecule has 1 aromatic carbocycles. The second kappa shape index (κ2) is 8.43. The van der Waals surface area contributed by atoms with Gasteiger partial charge in [-0.25, -0.2) is 4.98 Å². The van der Waals surface area contributed by atoms with Crippen LogP contribution in [-0.2, 0) is 16.0 Å². The first-order chi connectivity index (χ1) is 12.9. The van der Waals surface area contributed by atoms with E-state index in [9.17, 15) is 18.4 Å². The van der Waals surface area contributed by atoms with E-state index in [1.54, 1.807) is 29.3 Å². The molecule has 3 rings (SSSR count). The van der Waals surface area contributed by atoms with Crippen molar-refractivity contribution in [2.75, 3.05) is 11.4 Å². The van der Waals surface area contributed by atoms with E-state index in [-0.39, 0.29) is 30.0 Å². The van der Waals surface area contributed by atoms with Crippen LogP contribution in [0.4, 0.5) is 13.9 Å². The molecule has 2 heterocycles. The summed E-state index contributed by atoms with van der Waals surface area (Å²) in [6.45, 7) is -0.400. The predicted octanol–water partition coefficient (Wildman–Crippen LogP) is 3.29. The van der Waals surface area contributed by atoms with Crippen LogP contribution in [0.2, 0.25) is 0 Å². The van der Waals surface area contributed by atoms with Gasteiger partial charge in [-0.1, -0.05) is 12.1 Å². The lowest BCUT2D eigenvalue weighted by atomic mass is 10.1. The molecule has 0 radical (unpaired) electrons. The minimum absolute atomic E-state index is 0.0632. The third kappa shape index (κ3) is 5.00. The molecular formula is C18H19F2N3O3S. The maximum atomic E-state index is 12.3. The highest BCUT2D eigenvalue weighted by Gasteiger charge is 2.24. The van der Waals surface area contributed by atoms with Crippen LogP contribution in [0.15, 0.2) is 29.6 Å². The monoisotopic (exact) mass is 395 g/mol. The Labute approximate surface area is 159 Å². The van der Waals surface area contributed by atoms with Crippen molar-refractivity contribution >= 4 is 28.3 Å². The van der Waals surface area contributed by atoms with Crippen molar-refractivity contribution in [3.8, 4) is 5.75 Å². The molecule has 0 saturated carbocycles. The molecule has 27 heavy (non-hydrogen) atoms. The second-order valence-electron chi connectivity index (χ2n) is 6.18. The lowest BCUT2D eigenvalue weighted by Crippen LogP contribution is -2.28. The fourth-order valence-electron chi connectivity index (χ4n) is 2.83. The normalized spacial score (nSPS) is 15.3. The van der Waals surface area contributed by atoms with Crippen LogP contribution >= 0.6 is 11.3 Å². The summed E-state index contributed by atoms with van der Waals surface area (Å²) in [7, 11) is 0. The third-order valence-electron chi connectivity index (χ3n) is 4.17. The standard InChI is InChI=1S/C18H19F2N3O3S/c1-11(12-4-6-14(7-5-12)26-17(19)20)21-15(24)9-13-10-27-18(22-13)23-8-2-3-16(23)25/h4-7,10-11,17H,2-3,8-9H2,1H3,(H,21,24). The molecule has 1 fully saturated rings. The van der Waals surface area contributed by atoms with Crippen molar-refractivity contribution in [1.82, 2.24) is 10.3 Å². The number of aromatic nitrogens is 1. The SMILES string of the molecule is CC(NC(=O)Cc1csc(N2CCCC2=O)n1)c1ccc(OC(F)F)cc1. The van der Waals surface area contributed by atoms with Gasteiger partial charge in [-0.05, 0) is 31.0 Å². The van der Waals surface area contributed by atoms with Gasteiger partial charge >= 0.3 is 6.61 Å². The molecule has 6 nitrogen and oxygen atoms in total. The van der Waals surface area contributed by atoms with Crippen molar-refractivity contribution in [2.45, 2.75) is 38.8 Å². The Bertz CT molecular complexity index is 810. The molecule has 1 unspecified atom stereocenters. The van der Waals surface area contributed by atoms with Crippen LogP contribution in [0.25, 0.3) is 0 Å². The molecule has 0 bridgehead atoms. The van der Waals surface area contributed by atoms with E-state index in [4.69, 9.17) is 0 Å². The number of nitrogens with one attached hydrogen (secondary N) is 1. The minimum atomic E-state index is -2.87. The van der Waals surface area contributed by atoms with Gasteiger partial charge in [-0.3, -0.25) is 14.5 Å². The van der Waals surface area contributed by atoms with Gasteiger partial charge < -0.3 is 10.1 Å². The van der Waals surface area contributed by atoms with Crippen molar-refractivity contribution < 1.29 is 23.1 Å². The number of anilines is 1. The quantitative estimate of drug-likeness (QED) is 0.781. The topological polar surface area (TPSA) is 71.5 Å². The summed E-state index contributed by atoms with van der Waals surface area (Å²) in [5.74, 6) is -0.0769. The molecule has 1 aliphatic rings. The van der Waals surface area contributed by atoms with Gasteiger partial charge in [0.15, 0.2) is 5.13 Å². The number of amides is 2. The maximum absolute atomic E-state index is 12.3. The largest absolute Gasteiger partial charge is 0.435 e. The number of thiazole rings is 1. The number of rotatable bonds is 7. The zero-order valence-corrected chi connectivity index (χ0v) is 15.5. The summed E-state index contributed by atoms with van der Waals surface area (Å²) in [5.41, 5.74) is 1.38. The maximum Gasteiger partial charge on any atom is 0.387 e. The molecule has 0 aliphatic carbocycles. The number of nitrogens with zero attached hydrogens (tertiary/aromatic N) is 2. The highest BCUT2D eigenvalue weighted by atomic mass is 32.1. The average molecular weight is 395 g/mol. The molecule has 9 heteroatoms. The summed E-state index contributed by atoms with van der Waals surface area (Å²) < 4.78 is 28.7. The fourth-order valence-corrected chi connectivity index (χ4v) is 3.70. The van der Waals surface area contributed by atoms with Crippen LogP contribution in [0.1, 0.15) is 37.1 Å². The van der Waals surface area contributed by atoms with E-state index in [0.717, 1.165) is 12.0 Å². The number of alkyl halides is 2. The molecule has 1 saturated heterocycles. The molecule has 0 spiro atoms. The van der Waals surface area contributed by atoms with E-state index in [2.05, 4.69) is 15.0 Å². The van der Waals surface area contributed by atoms with Gasteiger partial charge in [0, 0.05) is 18.3 Å². The first kappa shape index (κ1) is 19.2. The first-order valence-electron chi connectivity index (χ1n) is 8.51. The van der Waals surface area contributed by atoms with Crippen LogP contribution in [0, 0.1) is 0 Å². The highest BCUT2D eigenvalue weighted by molar-refractivity contribution is 7.14. The Kier molecular flexibility index (Phi) is 6.00. The van der Waals surface area contributed by atoms with Gasteiger partial charge in [-0.15, -0.1) is 11.3 Å². The smallest absolute Gasteiger partial charge is 0.387 e. The summed E-state index contributed by atoms with van der Waals surface area (Å²) in [5, 5.41) is 5.26. The van der Waals surface area contributed by atoms with Crippen molar-refractivity contribution in [1.29, 1.82) is 0 Å². The second-order valence-corrected chi connectivity index (χ2v) is 7.02. The van der Waals surface area contributed by atoms with E-state index in [0.29, 0.717) is 23.8 Å². The van der Waals surface area contributed by atoms with Gasteiger partial charge in [0.2, 0.25) is 11.8 Å². The lowest BCUT2D eigenvalue weighted by Gasteiger charge is -2.15. The molecule has 1 N–H and O–H groups in total. The van der Waals surface area contributed by atoms with Crippen molar-refractivity contribution in [3.05, 3.63) is 40.9 Å². The number of hydrogen-bond acceptors (Lipinski definition) is 5. The number of carbonyl (C=O) groups excluding carboxylic acids is 2. The Hall–Kier alpha value is -2.55. The molecule has 144 valence electrons. The number of benzene rings is 1. The molecule has 1 atom stereocenters. The van der Waals surface area contributed by atoms with E-state index < -0.39 is 6.61 Å². The van der Waals surface area contributed by atoms with Crippen LogP contribution in [0.3, 0.4) is 0 Å². The molecule has 2 amide bonds. The van der Waals surface area contributed by atoms with Gasteiger partial charge in [0.25, 0.3) is 0 Å². The number of ether oxygens (including phenoxy) is 1. The number of carbonyl (C=O) groups is 2. The Morgan fingerprint density at radius 3 is 2.74 bits per heavy atom. The fraction of sp³-hybridized carbons (Fsp3) is 0.389. The lowest BCUT2D eigenvalue weighted by molar-refractivity contribution is -0.121. The molecule has 1 aromatic heterocycles. The minimum Gasteiger partial charge on any atom is -0.435 e. The van der Waals surface area contributed by atoms with Crippen molar-refractivity contribution in [3.63, 3.8) is 0 Å². The van der Waals surface area contributed by atoms with Crippen LogP contribution in [-0.4, -0.2) is 30.0 Å². The third-order valence-corrected chi connectivity index (χ3v) is 5.08. The summed E-state index contributed by atoms with van der Waals surface area (Å²) in [6, 6.07) is 5.83. The number of halogens is 2. The zero-order valence-electron chi connectivity index (χ0n) is 14.7. The van der Waals surface area contributed by atoms with Gasteiger partial charge in [0.05, 0.1) is 18.2 Å². The van der Waals surface area contributed by atoms with Gasteiger partial charge in [-0.2, -0.15) is 8.78 Å². The summed E-state index contributed by atoms with van der Waals surface area (Å²) in [4.78, 5) is 30.0. The predicted molar refractivity (Wildman–Crippen MR) is 97.0 cm³/mol. The molecule has 2 aromatic rings. The molecule has 1 aliphatic heterocycles. The Morgan fingerprint density at radius 2 is 2.11 bits per heavy atom. The zero-order chi connectivity index (χ0) is 19.4. The van der Waals surface area contributed by atoms with Crippen molar-refractivity contribution in [2.24, 2.45) is 0 Å². The van der Waals surface area contributed by atoms with E-state index >= 15 is 0 Å². The molecular weight excluding hydrogens is 376 g/mol. The number of hydrogen-bond donors (Lipinski definition) is 1.